The normalized spacial score (nSPS) is 12.3. The van der Waals surface area contributed by atoms with Crippen molar-refractivity contribution in [1.29, 1.82) is 0 Å². The standard InChI is InChI=1S/C33H43N3O6S/c1-22-16-23(2)18-27(17-22)36(43(39,40)28-14-15-29(41-8)30(19-28)42-9)21-31(37)35(20-26-13-11-10-12-24(26)3)25(4)32(38)34-33(5,6)7/h10-19,25H,20-21H2,1-9H3,(H,34,38)/t25-/m0/s1. The molecule has 0 spiro atoms. The molecule has 9 nitrogen and oxygen atoms in total. The maximum Gasteiger partial charge on any atom is 0.264 e. The molecule has 1 N–H and O–H groups in total. The van der Waals surface area contributed by atoms with Gasteiger partial charge in [-0.1, -0.05) is 30.3 Å². The van der Waals surface area contributed by atoms with Crippen LogP contribution >= 0.6 is 0 Å². The van der Waals surface area contributed by atoms with Crippen molar-refractivity contribution >= 4 is 27.5 Å². The third-order valence-corrected chi connectivity index (χ3v) is 8.75. The van der Waals surface area contributed by atoms with Crippen LogP contribution in [0, 0.1) is 20.8 Å². The van der Waals surface area contributed by atoms with Crippen molar-refractivity contribution in [3.63, 3.8) is 0 Å². The zero-order valence-corrected chi connectivity index (χ0v) is 27.3. The van der Waals surface area contributed by atoms with Crippen LogP contribution in [0.25, 0.3) is 0 Å². The molecule has 43 heavy (non-hydrogen) atoms. The molecular formula is C33H43N3O6S. The molecule has 10 heteroatoms. The minimum atomic E-state index is -4.28. The smallest absolute Gasteiger partial charge is 0.264 e. The quantitative estimate of drug-likeness (QED) is 0.322. The van der Waals surface area contributed by atoms with Crippen molar-refractivity contribution in [3.05, 3.63) is 82.9 Å². The van der Waals surface area contributed by atoms with Gasteiger partial charge in [0, 0.05) is 18.2 Å². The topological polar surface area (TPSA) is 105 Å². The fourth-order valence-electron chi connectivity index (χ4n) is 4.76. The van der Waals surface area contributed by atoms with Crippen molar-refractivity contribution in [3.8, 4) is 11.5 Å². The molecule has 3 aromatic rings. The third kappa shape index (κ3) is 8.28. The van der Waals surface area contributed by atoms with E-state index in [-0.39, 0.29) is 23.1 Å². The Labute approximate surface area is 255 Å². The number of sulfonamides is 1. The monoisotopic (exact) mass is 609 g/mol. The molecule has 0 heterocycles. The molecule has 1 atom stereocenters. The SMILES string of the molecule is COc1ccc(S(=O)(=O)N(CC(=O)N(Cc2ccccc2C)[C@@H](C)C(=O)NC(C)(C)C)c2cc(C)cc(C)c2)cc1OC. The Bertz CT molecular complexity index is 1560. The summed E-state index contributed by atoms with van der Waals surface area (Å²) in [6, 6.07) is 16.4. The third-order valence-electron chi connectivity index (χ3n) is 6.98. The lowest BCUT2D eigenvalue weighted by Gasteiger charge is -2.34. The molecule has 0 fully saturated rings. The lowest BCUT2D eigenvalue weighted by Crippen LogP contribution is -2.54. The van der Waals surface area contributed by atoms with E-state index < -0.39 is 34.1 Å². The van der Waals surface area contributed by atoms with E-state index in [1.807, 2.05) is 71.9 Å². The number of hydrogen-bond acceptors (Lipinski definition) is 6. The van der Waals surface area contributed by atoms with Crippen LogP contribution in [-0.2, 0) is 26.2 Å². The zero-order chi connectivity index (χ0) is 32.1. The van der Waals surface area contributed by atoms with Crippen molar-refractivity contribution in [2.75, 3.05) is 25.1 Å². The summed E-state index contributed by atoms with van der Waals surface area (Å²) in [5, 5.41) is 2.94. The van der Waals surface area contributed by atoms with Gasteiger partial charge in [0.2, 0.25) is 11.8 Å². The highest BCUT2D eigenvalue weighted by molar-refractivity contribution is 7.92. The number of hydrogen-bond donors (Lipinski definition) is 1. The maximum atomic E-state index is 14.3. The summed E-state index contributed by atoms with van der Waals surface area (Å²) >= 11 is 0. The predicted octanol–water partition coefficient (Wildman–Crippen LogP) is 5.16. The fourth-order valence-corrected chi connectivity index (χ4v) is 6.17. The second kappa shape index (κ2) is 13.5. The Kier molecular flexibility index (Phi) is 10.5. The number of nitrogens with one attached hydrogen (secondary N) is 1. The lowest BCUT2D eigenvalue weighted by atomic mass is 10.1. The minimum Gasteiger partial charge on any atom is -0.493 e. The highest BCUT2D eigenvalue weighted by Crippen LogP contribution is 2.33. The van der Waals surface area contributed by atoms with Crippen LogP contribution in [0.15, 0.2) is 65.6 Å². The van der Waals surface area contributed by atoms with E-state index in [1.165, 1.54) is 37.3 Å². The number of carbonyl (C=O) groups excluding carboxylic acids is 2. The maximum absolute atomic E-state index is 14.3. The average Bonchev–Trinajstić information content (AvgIpc) is 2.92. The number of methoxy groups -OCH3 is 2. The van der Waals surface area contributed by atoms with Crippen LogP contribution < -0.4 is 19.1 Å². The molecule has 0 aromatic heterocycles. The van der Waals surface area contributed by atoms with E-state index in [0.717, 1.165) is 26.6 Å². The molecule has 232 valence electrons. The Morgan fingerprint density at radius 3 is 2.05 bits per heavy atom. The first kappa shape index (κ1) is 33.5. The first-order chi connectivity index (χ1) is 20.1. The van der Waals surface area contributed by atoms with Gasteiger partial charge in [-0.2, -0.15) is 0 Å². The highest BCUT2D eigenvalue weighted by atomic mass is 32.2. The second-order valence-corrected chi connectivity index (χ2v) is 13.6. The van der Waals surface area contributed by atoms with Gasteiger partial charge in [-0.05, 0) is 95.0 Å². The molecule has 0 bridgehead atoms. The number of benzene rings is 3. The number of anilines is 1. The number of carbonyl (C=O) groups is 2. The van der Waals surface area contributed by atoms with Gasteiger partial charge in [0.15, 0.2) is 11.5 Å². The molecule has 3 aromatic carbocycles. The molecule has 0 saturated carbocycles. The molecule has 0 unspecified atom stereocenters. The largest absolute Gasteiger partial charge is 0.493 e. The van der Waals surface area contributed by atoms with Gasteiger partial charge >= 0.3 is 0 Å². The number of nitrogens with zero attached hydrogens (tertiary/aromatic N) is 2. The van der Waals surface area contributed by atoms with E-state index >= 15 is 0 Å². The van der Waals surface area contributed by atoms with Gasteiger partial charge in [0.05, 0.1) is 24.8 Å². The predicted molar refractivity (Wildman–Crippen MR) is 169 cm³/mol. The van der Waals surface area contributed by atoms with E-state index in [9.17, 15) is 18.0 Å². The zero-order valence-electron chi connectivity index (χ0n) is 26.5. The highest BCUT2D eigenvalue weighted by Gasteiger charge is 2.34. The summed E-state index contributed by atoms with van der Waals surface area (Å²) < 4.78 is 40.3. The number of aryl methyl sites for hydroxylation is 3. The van der Waals surface area contributed by atoms with Crippen LogP contribution in [0.1, 0.15) is 49.9 Å². The first-order valence-electron chi connectivity index (χ1n) is 14.1. The lowest BCUT2D eigenvalue weighted by molar-refractivity contribution is -0.140. The van der Waals surface area contributed by atoms with E-state index in [1.54, 1.807) is 19.1 Å². The second-order valence-electron chi connectivity index (χ2n) is 11.7. The Morgan fingerprint density at radius 1 is 0.884 bits per heavy atom. The number of amides is 2. The van der Waals surface area contributed by atoms with Crippen LogP contribution in [0.2, 0.25) is 0 Å². The van der Waals surface area contributed by atoms with E-state index in [0.29, 0.717) is 11.4 Å². The Morgan fingerprint density at radius 2 is 1.49 bits per heavy atom. The minimum absolute atomic E-state index is 0.0684. The van der Waals surface area contributed by atoms with Gasteiger partial charge in [-0.15, -0.1) is 0 Å². The first-order valence-corrected chi connectivity index (χ1v) is 15.5. The van der Waals surface area contributed by atoms with Gasteiger partial charge < -0.3 is 19.7 Å². The Balaban J connectivity index is 2.13. The van der Waals surface area contributed by atoms with Crippen LogP contribution in [-0.4, -0.2) is 57.5 Å². The van der Waals surface area contributed by atoms with Gasteiger partial charge in [0.25, 0.3) is 10.0 Å². The van der Waals surface area contributed by atoms with Crippen LogP contribution in [0.4, 0.5) is 5.69 Å². The summed E-state index contributed by atoms with van der Waals surface area (Å²) in [4.78, 5) is 28.9. The Hall–Kier alpha value is -4.05. The summed E-state index contributed by atoms with van der Waals surface area (Å²) in [7, 11) is -1.39. The van der Waals surface area contributed by atoms with Crippen molar-refractivity contribution in [1.82, 2.24) is 10.2 Å². The van der Waals surface area contributed by atoms with Crippen LogP contribution in [0.5, 0.6) is 11.5 Å². The summed E-state index contributed by atoms with van der Waals surface area (Å²) in [5.74, 6) is -0.249. The molecular weight excluding hydrogens is 566 g/mol. The molecule has 0 aliphatic rings. The van der Waals surface area contributed by atoms with Gasteiger partial charge in [-0.3, -0.25) is 13.9 Å². The number of ether oxygens (including phenoxy) is 2. The molecule has 0 saturated heterocycles. The van der Waals surface area contributed by atoms with Crippen molar-refractivity contribution in [2.24, 2.45) is 0 Å². The summed E-state index contributed by atoms with van der Waals surface area (Å²) in [6.07, 6.45) is 0. The molecule has 0 aliphatic heterocycles. The van der Waals surface area contributed by atoms with Crippen molar-refractivity contribution in [2.45, 2.75) is 71.5 Å². The fraction of sp³-hybridized carbons (Fsp3) is 0.394. The van der Waals surface area contributed by atoms with Crippen LogP contribution in [0.3, 0.4) is 0 Å². The van der Waals surface area contributed by atoms with Gasteiger partial charge in [-0.25, -0.2) is 8.42 Å². The van der Waals surface area contributed by atoms with E-state index in [4.69, 9.17) is 9.47 Å². The summed E-state index contributed by atoms with van der Waals surface area (Å²) in [6.45, 7) is 12.5. The molecule has 0 radical (unpaired) electrons. The molecule has 0 aliphatic carbocycles. The molecule has 2 amide bonds. The number of rotatable bonds is 11. The van der Waals surface area contributed by atoms with Gasteiger partial charge in [0.1, 0.15) is 12.6 Å². The van der Waals surface area contributed by atoms with E-state index in [2.05, 4.69) is 5.32 Å². The average molecular weight is 610 g/mol. The summed E-state index contributed by atoms with van der Waals surface area (Å²) in [5.41, 5.74) is 3.29. The van der Waals surface area contributed by atoms with Crippen molar-refractivity contribution < 1.29 is 27.5 Å². The molecule has 3 rings (SSSR count).